The van der Waals surface area contributed by atoms with E-state index in [0.717, 1.165) is 42.6 Å². The molecule has 10 rings (SSSR count). The van der Waals surface area contributed by atoms with Crippen molar-refractivity contribution >= 4 is 122 Å². The highest BCUT2D eigenvalue weighted by molar-refractivity contribution is 7.15. The first kappa shape index (κ1) is 66.3. The van der Waals surface area contributed by atoms with Crippen molar-refractivity contribution in [2.45, 2.75) is 110 Å². The van der Waals surface area contributed by atoms with Gasteiger partial charge in [-0.3, -0.25) is 43.3 Å². The molecule has 2 aliphatic rings. The van der Waals surface area contributed by atoms with E-state index in [2.05, 4.69) is 26.6 Å². The number of carboxylic acid groups (broad SMARTS) is 2. The van der Waals surface area contributed by atoms with Gasteiger partial charge in [0.25, 0.3) is 17.7 Å². The largest absolute Gasteiger partial charge is 0.481 e. The number of methoxy groups -OCH3 is 1. The summed E-state index contributed by atoms with van der Waals surface area (Å²) in [6, 6.07) is 10.9. The van der Waals surface area contributed by atoms with Crippen LogP contribution in [0, 0.1) is 18.8 Å². The molecule has 8 heterocycles. The highest BCUT2D eigenvalue weighted by Crippen LogP contribution is 2.40. The van der Waals surface area contributed by atoms with Crippen molar-refractivity contribution in [3.8, 4) is 43.4 Å². The second-order valence-corrected chi connectivity index (χ2v) is 27.2. The van der Waals surface area contributed by atoms with Crippen molar-refractivity contribution < 1.29 is 53.3 Å². The molecule has 0 saturated heterocycles. The molecule has 1 aliphatic heterocycles. The Morgan fingerprint density at radius 2 is 1.42 bits per heavy atom. The number of aromatic nitrogens is 7. The number of amides is 6. The van der Waals surface area contributed by atoms with Crippen molar-refractivity contribution in [2.75, 3.05) is 32.1 Å². The molecule has 30 heteroatoms. The maximum absolute atomic E-state index is 14.3. The molecule has 1 fully saturated rings. The number of pyridine rings is 1. The molecule has 0 radical (unpaired) electrons. The van der Waals surface area contributed by atoms with Crippen molar-refractivity contribution in [3.05, 3.63) is 111 Å². The van der Waals surface area contributed by atoms with E-state index in [-0.39, 0.29) is 54.9 Å². The summed E-state index contributed by atoms with van der Waals surface area (Å²) in [7, 11) is 2.97. The Labute approximate surface area is 541 Å². The summed E-state index contributed by atoms with van der Waals surface area (Å²) in [5.74, 6) is -4.01. The third-order valence-electron chi connectivity index (χ3n) is 14.5. The maximum Gasteiger partial charge on any atom is 0.306 e. The number of hydrogen-bond acceptors (Lipinski definition) is 22. The molecule has 1 aliphatic carbocycles. The average molecular weight is 1340 g/mol. The molecule has 24 nitrogen and oxygen atoms in total. The maximum atomic E-state index is 14.3. The summed E-state index contributed by atoms with van der Waals surface area (Å²) in [5.41, 5.74) is 3.47. The fourth-order valence-electron chi connectivity index (χ4n) is 9.81. The number of benzene rings is 1. The fourth-order valence-corrected chi connectivity index (χ4v) is 15.3. The summed E-state index contributed by atoms with van der Waals surface area (Å²) in [6.07, 6.45) is 6.90. The lowest BCUT2D eigenvalue weighted by Crippen LogP contribution is -2.39. The zero-order valence-electron chi connectivity index (χ0n) is 49.6. The van der Waals surface area contributed by atoms with Crippen LogP contribution >= 0.6 is 68.0 Å². The lowest BCUT2D eigenvalue weighted by molar-refractivity contribution is -0.143. The van der Waals surface area contributed by atoms with E-state index in [1.807, 2.05) is 54.9 Å². The summed E-state index contributed by atoms with van der Waals surface area (Å²) in [4.78, 5) is 139. The molecule has 0 spiro atoms. The first-order valence-electron chi connectivity index (χ1n) is 28.8. The Balaban J connectivity index is 0.000000980. The fraction of sp³-hybridized carbons (Fsp3) is 0.383. The Morgan fingerprint density at radius 3 is 2.13 bits per heavy atom. The van der Waals surface area contributed by atoms with E-state index in [9.17, 15) is 38.4 Å². The number of carbonyl (C=O) groups is 8. The van der Waals surface area contributed by atoms with Crippen LogP contribution in [0.4, 0.5) is 5.82 Å². The zero-order valence-corrected chi connectivity index (χ0v) is 54.5. The molecule has 3 atom stereocenters. The molecule has 1 unspecified atom stereocenters. The van der Waals surface area contributed by atoms with Gasteiger partial charge in [0.15, 0.2) is 0 Å². The van der Waals surface area contributed by atoms with E-state index in [1.165, 1.54) is 82.2 Å². The summed E-state index contributed by atoms with van der Waals surface area (Å²) in [6.45, 7) is 5.42. The van der Waals surface area contributed by atoms with Crippen LogP contribution < -0.4 is 31.5 Å². The summed E-state index contributed by atoms with van der Waals surface area (Å²) in [5, 5.41) is 41.8. The van der Waals surface area contributed by atoms with Gasteiger partial charge in [-0.05, 0) is 62.6 Å². The molecule has 10 bridgehead atoms. The van der Waals surface area contributed by atoms with Crippen LogP contribution in [0.3, 0.4) is 0 Å². The zero-order chi connectivity index (χ0) is 64.0. The van der Waals surface area contributed by atoms with E-state index < -0.39 is 66.1 Å². The lowest BCUT2D eigenvalue weighted by Gasteiger charge is -2.20. The number of rotatable bonds is 16. The van der Waals surface area contributed by atoms with Gasteiger partial charge in [0.1, 0.15) is 70.0 Å². The van der Waals surface area contributed by atoms with Gasteiger partial charge in [0.2, 0.25) is 18.2 Å². The summed E-state index contributed by atoms with van der Waals surface area (Å²) >= 11 is 7.47. The van der Waals surface area contributed by atoms with Gasteiger partial charge in [0, 0.05) is 59.1 Å². The van der Waals surface area contributed by atoms with Crippen LogP contribution in [-0.2, 0) is 41.7 Å². The van der Waals surface area contributed by atoms with Crippen LogP contribution in [-0.4, -0.2) is 120 Å². The summed E-state index contributed by atoms with van der Waals surface area (Å²) < 4.78 is 5.46. The van der Waals surface area contributed by atoms with Crippen LogP contribution in [0.15, 0.2) is 64.0 Å². The number of nitrogens with one attached hydrogen (secondary N) is 5. The highest BCUT2D eigenvalue weighted by atomic mass is 32.1. The van der Waals surface area contributed by atoms with Crippen LogP contribution in [0.5, 0.6) is 0 Å². The van der Waals surface area contributed by atoms with Crippen LogP contribution in [0.1, 0.15) is 152 Å². The minimum absolute atomic E-state index is 0.0191. The Morgan fingerprint density at radius 1 is 0.711 bits per heavy atom. The average Bonchev–Trinajstić information content (AvgIpc) is 1.79. The van der Waals surface area contributed by atoms with Crippen LogP contribution in [0.25, 0.3) is 43.4 Å². The molecule has 7 N–H and O–H groups in total. The number of thiazole rings is 6. The highest BCUT2D eigenvalue weighted by Gasteiger charge is 2.32. The predicted octanol–water partition coefficient (Wildman–Crippen LogP) is 9.69. The Bertz CT molecular complexity index is 3870. The third kappa shape index (κ3) is 16.8. The third-order valence-corrected chi connectivity index (χ3v) is 20.3. The van der Waals surface area contributed by atoms with Gasteiger partial charge in [-0.15, -0.1) is 68.0 Å². The van der Waals surface area contributed by atoms with Crippen LogP contribution in [0.2, 0.25) is 0 Å². The molecule has 1 saturated carbocycles. The molecule has 6 amide bonds. The number of fused-ring (bicyclic) bond motifs is 14. The number of nitrogens with zero attached hydrogens (tertiary/aromatic N) is 8. The van der Waals surface area contributed by atoms with Gasteiger partial charge in [-0.2, -0.15) is 0 Å². The van der Waals surface area contributed by atoms with Crippen molar-refractivity contribution in [2.24, 2.45) is 11.8 Å². The van der Waals surface area contributed by atoms with E-state index in [0.29, 0.717) is 99.6 Å². The number of aliphatic carboxylic acids is 2. The number of carboxylic acids is 2. The number of unbranched alkanes of at least 4 members (excludes halogenated alkanes) is 1. The topological polar surface area (TPSA) is 340 Å². The standard InChI is InChI=1S/C53H53N13O9S6.C7H12O2/c1-26(2)41-53-65-44(36(81-53)20-75-5)46(73)55-19-39(69)56-31(17-28-11-7-6-8-12-28)50-61-35(23-78-50)51-59-33(21-77-51)43-29(14-15-30(57-43)49-62-37(24-79-49)66(25-67)16-10-9-13-40(70)71)48-60-34(22-76-48)45(72)58-32(18-38(68)54-4)52-64-42(27(3)80-52)47(74)63-41;8-7(9)6-4-2-1-3-5-6/h6-8,11-12,14-15,21-26,31-32,41H,9-10,13,16-20H2,1-5H3,(H,54,68)(H,55,73)(H,56,69)(H,58,72)(H,63,74)(H,70,71);6H,1-5H2,(H,8,9)/t31-,32-,41?;/m0./s1. The molecular weight excluding hydrogens is 1270 g/mol. The van der Waals surface area contributed by atoms with Gasteiger partial charge in [-0.1, -0.05) is 63.4 Å². The first-order valence-corrected chi connectivity index (χ1v) is 34.0. The monoisotopic (exact) mass is 1340 g/mol. The molecule has 472 valence electrons. The van der Waals surface area contributed by atoms with E-state index in [4.69, 9.17) is 49.8 Å². The quantitative estimate of drug-likeness (QED) is 0.0349. The number of anilines is 1. The SMILES string of the molecule is CNC(=O)C[C@@H]1NC(=O)c2csc(n2)-c2ccc(-c3nc(N(C=O)CCCCC(=O)O)cs3)nc2-c2csc(n2)-c2csc(n2)[C@H](Cc2ccccc2)NC(=O)CNC(=O)c2nc(sc2COC)C(C(C)C)NC(=O)c2nc1sc2C.O=C(O)C1CCCCC1. The minimum Gasteiger partial charge on any atom is -0.481 e. The molecule has 7 aromatic heterocycles. The van der Waals surface area contributed by atoms with Gasteiger partial charge in [0.05, 0.1) is 54.2 Å². The Kier molecular flexibility index (Phi) is 22.9. The molecule has 8 aromatic rings. The van der Waals surface area contributed by atoms with Crippen molar-refractivity contribution in [1.82, 2.24) is 61.5 Å². The van der Waals surface area contributed by atoms with Crippen molar-refractivity contribution in [3.63, 3.8) is 0 Å². The number of ether oxygens (including phenoxy) is 1. The van der Waals surface area contributed by atoms with Gasteiger partial charge >= 0.3 is 11.9 Å². The van der Waals surface area contributed by atoms with Crippen molar-refractivity contribution in [1.29, 1.82) is 0 Å². The molecule has 90 heavy (non-hydrogen) atoms. The van der Waals surface area contributed by atoms with Gasteiger partial charge < -0.3 is 41.5 Å². The number of aryl methyl sites for hydroxylation is 1. The number of carbonyl (C=O) groups excluding carboxylic acids is 6. The normalized spacial score (nSPS) is 16.6. The predicted molar refractivity (Wildman–Crippen MR) is 345 cm³/mol. The minimum atomic E-state index is -0.976. The van der Waals surface area contributed by atoms with E-state index >= 15 is 0 Å². The van der Waals surface area contributed by atoms with Gasteiger partial charge in [-0.25, -0.2) is 34.9 Å². The molecular formula is C60H65N13O11S6. The first-order chi connectivity index (χ1) is 43.4. The number of hydrogen-bond donors (Lipinski definition) is 7. The lowest BCUT2D eigenvalue weighted by atomic mass is 9.90. The molecule has 1 aromatic carbocycles. The second kappa shape index (κ2) is 31.1. The Hall–Kier alpha value is -8.13. The smallest absolute Gasteiger partial charge is 0.306 e. The second-order valence-electron chi connectivity index (χ2n) is 21.4. The van der Waals surface area contributed by atoms with E-state index in [1.54, 1.807) is 29.8 Å².